The van der Waals surface area contributed by atoms with Crippen molar-refractivity contribution in [2.75, 3.05) is 58.4 Å². The number of nitrogens with one attached hydrogen (secondary N) is 1. The summed E-state index contributed by atoms with van der Waals surface area (Å²) in [4.78, 5) is 14.1. The van der Waals surface area contributed by atoms with E-state index in [1.807, 2.05) is 18.2 Å². The Bertz CT molecular complexity index is 833. The van der Waals surface area contributed by atoms with Crippen molar-refractivity contribution < 1.29 is 9.47 Å². The van der Waals surface area contributed by atoms with E-state index in [-0.39, 0.29) is 0 Å². The lowest BCUT2D eigenvalue weighted by molar-refractivity contribution is 0.372. The van der Waals surface area contributed by atoms with Gasteiger partial charge in [0.15, 0.2) is 5.96 Å². The van der Waals surface area contributed by atoms with Gasteiger partial charge >= 0.3 is 0 Å². The lowest BCUT2D eigenvalue weighted by atomic mass is 10.1. The van der Waals surface area contributed by atoms with E-state index < -0.39 is 0 Å². The van der Waals surface area contributed by atoms with Crippen LogP contribution in [0.15, 0.2) is 23.2 Å². The van der Waals surface area contributed by atoms with E-state index in [0.717, 1.165) is 79.5 Å². The first-order valence-corrected chi connectivity index (χ1v) is 11.3. The van der Waals surface area contributed by atoms with Gasteiger partial charge in [0.2, 0.25) is 5.13 Å². The Labute approximate surface area is 183 Å². The quantitative estimate of drug-likeness (QED) is 0.507. The third-order valence-electron chi connectivity index (χ3n) is 5.09. The van der Waals surface area contributed by atoms with Crippen LogP contribution in [-0.4, -0.2) is 73.7 Å². The van der Waals surface area contributed by atoms with E-state index >= 15 is 0 Å². The Morgan fingerprint density at radius 3 is 2.60 bits per heavy atom. The Morgan fingerprint density at radius 1 is 1.17 bits per heavy atom. The van der Waals surface area contributed by atoms with E-state index in [1.54, 1.807) is 14.2 Å². The van der Waals surface area contributed by atoms with E-state index in [1.165, 1.54) is 11.5 Å². The molecule has 0 radical (unpaired) electrons. The van der Waals surface area contributed by atoms with Crippen molar-refractivity contribution in [1.29, 1.82) is 0 Å². The van der Waals surface area contributed by atoms with Gasteiger partial charge in [-0.1, -0.05) is 6.92 Å². The molecule has 0 spiro atoms. The van der Waals surface area contributed by atoms with Crippen molar-refractivity contribution in [3.05, 3.63) is 29.6 Å². The lowest BCUT2D eigenvalue weighted by Crippen LogP contribution is -2.52. The molecule has 0 unspecified atom stereocenters. The number of rotatable bonds is 8. The van der Waals surface area contributed by atoms with Crippen molar-refractivity contribution in [2.24, 2.45) is 4.99 Å². The van der Waals surface area contributed by atoms with Gasteiger partial charge in [-0.15, -0.1) is 0 Å². The standard InChI is InChI=1S/C21H32N6O2S/c1-5-19-24-21(30-25-19)27-13-11-26(12-14-27)20(22-6-2)23-10-9-16-15-17(28-3)7-8-18(16)29-4/h7-8,15H,5-6,9-14H2,1-4H3,(H,22,23). The molecule has 0 amide bonds. The van der Waals surface area contributed by atoms with Crippen molar-refractivity contribution in [3.63, 3.8) is 0 Å². The fraction of sp³-hybridized carbons (Fsp3) is 0.571. The van der Waals surface area contributed by atoms with Crippen LogP contribution < -0.4 is 19.7 Å². The molecule has 2 aromatic rings. The SMILES string of the molecule is CCNC(=NCCc1cc(OC)ccc1OC)N1CCN(c2nc(CC)ns2)CC1. The van der Waals surface area contributed by atoms with Gasteiger partial charge < -0.3 is 24.6 Å². The molecule has 0 bridgehead atoms. The average molecular weight is 433 g/mol. The summed E-state index contributed by atoms with van der Waals surface area (Å²) >= 11 is 1.50. The first-order valence-electron chi connectivity index (χ1n) is 10.5. The van der Waals surface area contributed by atoms with Gasteiger partial charge in [-0.25, -0.2) is 4.98 Å². The van der Waals surface area contributed by atoms with Crippen molar-refractivity contribution in [2.45, 2.75) is 26.7 Å². The number of hydrogen-bond acceptors (Lipinski definition) is 7. The molecule has 1 aliphatic rings. The number of methoxy groups -OCH3 is 2. The van der Waals surface area contributed by atoms with Crippen LogP contribution in [-0.2, 0) is 12.8 Å². The summed E-state index contributed by atoms with van der Waals surface area (Å²) in [5, 5.41) is 4.46. The molecule has 1 aromatic heterocycles. The highest BCUT2D eigenvalue weighted by molar-refractivity contribution is 7.09. The second-order valence-electron chi connectivity index (χ2n) is 6.98. The Morgan fingerprint density at radius 2 is 1.97 bits per heavy atom. The number of nitrogens with zero attached hydrogens (tertiary/aromatic N) is 5. The molecule has 1 aromatic carbocycles. The van der Waals surface area contributed by atoms with Crippen LogP contribution in [0.3, 0.4) is 0 Å². The second-order valence-corrected chi connectivity index (χ2v) is 7.71. The largest absolute Gasteiger partial charge is 0.497 e. The molecule has 1 fully saturated rings. The normalized spacial score (nSPS) is 14.7. The van der Waals surface area contributed by atoms with E-state index in [2.05, 4.69) is 38.3 Å². The van der Waals surface area contributed by atoms with Gasteiger partial charge in [0.25, 0.3) is 0 Å². The Balaban J connectivity index is 1.60. The Kier molecular flexibility index (Phi) is 8.12. The fourth-order valence-electron chi connectivity index (χ4n) is 3.41. The molecule has 9 heteroatoms. The number of anilines is 1. The molecule has 164 valence electrons. The molecule has 1 saturated heterocycles. The maximum Gasteiger partial charge on any atom is 0.205 e. The molecular formula is C21H32N6O2S. The highest BCUT2D eigenvalue weighted by Crippen LogP contribution is 2.24. The van der Waals surface area contributed by atoms with Crippen molar-refractivity contribution in [1.82, 2.24) is 19.6 Å². The number of guanidine groups is 1. The van der Waals surface area contributed by atoms with E-state index in [9.17, 15) is 0 Å². The fourth-order valence-corrected chi connectivity index (χ4v) is 4.21. The summed E-state index contributed by atoms with van der Waals surface area (Å²) in [7, 11) is 3.37. The zero-order valence-electron chi connectivity index (χ0n) is 18.3. The zero-order chi connectivity index (χ0) is 21.3. The van der Waals surface area contributed by atoms with Gasteiger partial charge in [-0.2, -0.15) is 4.37 Å². The van der Waals surface area contributed by atoms with Crippen LogP contribution in [0.2, 0.25) is 0 Å². The lowest BCUT2D eigenvalue weighted by Gasteiger charge is -2.36. The minimum absolute atomic E-state index is 0.683. The predicted octanol–water partition coefficient (Wildman–Crippen LogP) is 2.45. The monoisotopic (exact) mass is 432 g/mol. The number of aromatic nitrogens is 2. The highest BCUT2D eigenvalue weighted by Gasteiger charge is 2.22. The van der Waals surface area contributed by atoms with Crippen molar-refractivity contribution >= 4 is 22.6 Å². The summed E-state index contributed by atoms with van der Waals surface area (Å²) in [6, 6.07) is 5.88. The molecular weight excluding hydrogens is 400 g/mol. The van der Waals surface area contributed by atoms with Gasteiger partial charge in [-0.05, 0) is 37.1 Å². The minimum atomic E-state index is 0.683. The molecule has 1 aliphatic heterocycles. The van der Waals surface area contributed by atoms with Crippen molar-refractivity contribution in [3.8, 4) is 11.5 Å². The number of ether oxygens (including phenoxy) is 2. The minimum Gasteiger partial charge on any atom is -0.497 e. The number of hydrogen-bond donors (Lipinski definition) is 1. The third-order valence-corrected chi connectivity index (χ3v) is 5.90. The maximum atomic E-state index is 5.48. The van der Waals surface area contributed by atoms with Gasteiger partial charge in [0, 0.05) is 57.2 Å². The maximum absolute atomic E-state index is 5.48. The zero-order valence-corrected chi connectivity index (χ0v) is 19.2. The van der Waals surface area contributed by atoms with Gasteiger partial charge in [0.05, 0.1) is 14.2 Å². The van der Waals surface area contributed by atoms with E-state index in [4.69, 9.17) is 14.5 Å². The van der Waals surface area contributed by atoms with Crippen LogP contribution in [0.1, 0.15) is 25.2 Å². The molecule has 8 nitrogen and oxygen atoms in total. The predicted molar refractivity (Wildman–Crippen MR) is 122 cm³/mol. The average Bonchev–Trinajstić information content (AvgIpc) is 3.28. The van der Waals surface area contributed by atoms with Crippen LogP contribution in [0.25, 0.3) is 0 Å². The highest BCUT2D eigenvalue weighted by atomic mass is 32.1. The summed E-state index contributed by atoms with van der Waals surface area (Å²) < 4.78 is 15.2. The third kappa shape index (κ3) is 5.53. The van der Waals surface area contributed by atoms with Crippen LogP contribution in [0.4, 0.5) is 5.13 Å². The first kappa shape index (κ1) is 22.1. The Hall–Kier alpha value is -2.55. The molecule has 30 heavy (non-hydrogen) atoms. The topological polar surface area (TPSA) is 75.1 Å². The van der Waals surface area contributed by atoms with Crippen LogP contribution in [0.5, 0.6) is 11.5 Å². The first-order chi connectivity index (χ1) is 14.7. The van der Waals surface area contributed by atoms with E-state index in [0.29, 0.717) is 6.54 Å². The summed E-state index contributed by atoms with van der Waals surface area (Å²) in [5.74, 6) is 3.60. The molecule has 0 saturated carbocycles. The number of aryl methyl sites for hydroxylation is 1. The molecule has 0 atom stereocenters. The number of benzene rings is 1. The van der Waals surface area contributed by atoms with Gasteiger partial charge in [-0.3, -0.25) is 4.99 Å². The molecule has 0 aliphatic carbocycles. The second kappa shape index (κ2) is 11.0. The summed E-state index contributed by atoms with van der Waals surface area (Å²) in [5.41, 5.74) is 1.10. The smallest absolute Gasteiger partial charge is 0.205 e. The number of aliphatic imine (C=N–C) groups is 1. The van der Waals surface area contributed by atoms with Gasteiger partial charge in [0.1, 0.15) is 17.3 Å². The summed E-state index contributed by atoms with van der Waals surface area (Å²) in [6.45, 7) is 9.39. The molecule has 1 N–H and O–H groups in total. The number of piperazine rings is 1. The van der Waals surface area contributed by atoms with Crippen LogP contribution >= 0.6 is 11.5 Å². The molecule has 2 heterocycles. The van der Waals surface area contributed by atoms with Crippen LogP contribution in [0, 0.1) is 0 Å². The summed E-state index contributed by atoms with van der Waals surface area (Å²) in [6.07, 6.45) is 1.67. The molecule has 3 rings (SSSR count).